The third kappa shape index (κ3) is 13.2. The standard InChI is InChI=1S/C132H84N4O2/c1-3-30-85(31-4-1)91-67-78-102(127(83-91)135-123-54-21-9-37-106(123)107-38-10-22-55-124(107)135)88-62-72-97(73-63-88)133(120-51-18-13-41-110(120)115-47-28-49-117-113-44-16-25-58-129(113)137-131(115)117)96-70-60-87(61-71-96)90-66-76-100-93(80-90)34-27-46-99(100)94-69-77-101-95(81-94)82-119(105-36-8-7-35-104(101)105)112-43-15-20-53-122(112)134(121-52-19-14-42-111(121)116-48-29-50-118-114-45-17-26-59-130(114)138-132(116)118)98-74-64-89(65-75-98)103-79-68-92(86-32-5-2-6-33-86)84-128(103)136-125-56-23-11-39-108(125)109-40-12-24-57-126(109)136/h1-84H. The van der Waals surface area contributed by atoms with E-state index in [4.69, 9.17) is 8.83 Å². The Morgan fingerprint density at radius 2 is 0.478 bits per heavy atom. The van der Waals surface area contributed by atoms with Gasteiger partial charge in [0, 0.05) is 99.1 Å². The zero-order valence-electron chi connectivity index (χ0n) is 75.1. The lowest BCUT2D eigenvalue weighted by molar-refractivity contribution is 0.669. The van der Waals surface area contributed by atoms with Crippen LogP contribution >= 0.6 is 0 Å². The van der Waals surface area contributed by atoms with Crippen molar-refractivity contribution in [1.82, 2.24) is 9.13 Å². The van der Waals surface area contributed by atoms with Gasteiger partial charge in [-0.15, -0.1) is 0 Å². The van der Waals surface area contributed by atoms with Crippen LogP contribution in [0.2, 0.25) is 0 Å². The Morgan fingerprint density at radius 1 is 0.152 bits per heavy atom. The molecule has 138 heavy (non-hydrogen) atoms. The number of para-hydroxylation sites is 11. The minimum Gasteiger partial charge on any atom is -0.455 e. The van der Waals surface area contributed by atoms with Gasteiger partial charge < -0.3 is 27.8 Å². The molecule has 0 aliphatic heterocycles. The van der Waals surface area contributed by atoms with E-state index in [1.807, 2.05) is 6.07 Å². The topological polar surface area (TPSA) is 42.6 Å². The predicted octanol–water partition coefficient (Wildman–Crippen LogP) is 37.1. The summed E-state index contributed by atoms with van der Waals surface area (Å²) in [5.74, 6) is 0. The largest absolute Gasteiger partial charge is 0.455 e. The number of anilines is 6. The van der Waals surface area contributed by atoms with E-state index in [1.165, 1.54) is 48.7 Å². The summed E-state index contributed by atoms with van der Waals surface area (Å²) in [4.78, 5) is 4.89. The third-order valence-electron chi connectivity index (χ3n) is 28.3. The van der Waals surface area contributed by atoms with E-state index in [0.29, 0.717) is 0 Å². The molecule has 6 nitrogen and oxygen atoms in total. The first kappa shape index (κ1) is 79.4. The van der Waals surface area contributed by atoms with Crippen molar-refractivity contribution in [2.24, 2.45) is 0 Å². The summed E-state index contributed by atoms with van der Waals surface area (Å²) in [6.07, 6.45) is 0. The number of furan rings is 2. The molecule has 0 spiro atoms. The fourth-order valence-corrected chi connectivity index (χ4v) is 22.0. The molecule has 0 saturated heterocycles. The molecule has 0 radical (unpaired) electrons. The van der Waals surface area contributed by atoms with E-state index in [-0.39, 0.29) is 0 Å². The van der Waals surface area contributed by atoms with E-state index < -0.39 is 0 Å². The fourth-order valence-electron chi connectivity index (χ4n) is 22.0. The summed E-state index contributed by atoms with van der Waals surface area (Å²) in [5.41, 5.74) is 36.4. The average Bonchev–Trinajstić information content (AvgIpc) is 0.994. The van der Waals surface area contributed by atoms with Gasteiger partial charge in [-0.05, 0) is 215 Å². The quantitative estimate of drug-likeness (QED) is 0.0852. The zero-order valence-corrected chi connectivity index (χ0v) is 75.1. The number of rotatable bonds is 17. The SMILES string of the molecule is c1ccc(-c2ccc(-c3ccc(N(c4ccc(-c5ccc6c(-c7ccc8c(c7)cc(-c7ccccc7N(c7ccc(-c9ccc(-c%10ccccc%10)cc9-n9c%10ccccc%10c%10ccccc%109)cc7)c7ccccc7-c7cccc9c7oc7ccccc79)c7ccccc78)cccc6c5)cc4)c4ccccc4-c4cccc5c4oc4ccccc45)cc3)c(-n3c4ccccc4c4ccccc43)c2)cc1. The van der Waals surface area contributed by atoms with Gasteiger partial charge in [-0.1, -0.05) is 388 Å². The van der Waals surface area contributed by atoms with E-state index >= 15 is 0 Å². The Morgan fingerprint density at radius 3 is 0.971 bits per heavy atom. The molecule has 0 saturated carbocycles. The molecule has 0 bridgehead atoms. The number of fused-ring (bicyclic) bond motifs is 16. The fraction of sp³-hybridized carbons (Fsp3) is 0. The van der Waals surface area contributed by atoms with Gasteiger partial charge in [0.05, 0.1) is 50.5 Å². The van der Waals surface area contributed by atoms with Crippen LogP contribution in [-0.2, 0) is 0 Å². The molecule has 4 aromatic heterocycles. The summed E-state index contributed by atoms with van der Waals surface area (Å²) in [6, 6.07) is 187. The first-order valence-corrected chi connectivity index (χ1v) is 47.3. The molecule has 4 heterocycles. The van der Waals surface area contributed by atoms with Crippen molar-refractivity contribution in [2.45, 2.75) is 0 Å². The Kier molecular flexibility index (Phi) is 18.9. The lowest BCUT2D eigenvalue weighted by Crippen LogP contribution is -2.12. The molecule has 0 unspecified atom stereocenters. The Bertz CT molecular complexity index is 9430. The number of hydrogen-bond donors (Lipinski definition) is 0. The lowest BCUT2D eigenvalue weighted by atomic mass is 9.89. The summed E-state index contributed by atoms with van der Waals surface area (Å²) >= 11 is 0. The summed E-state index contributed by atoms with van der Waals surface area (Å²) in [6.45, 7) is 0. The minimum atomic E-state index is 0.851. The van der Waals surface area contributed by atoms with E-state index in [1.54, 1.807) is 0 Å². The molecule has 644 valence electrons. The molecule has 27 aromatic rings. The zero-order chi connectivity index (χ0) is 90.8. The Hall–Kier alpha value is -18.4. The van der Waals surface area contributed by atoms with Crippen molar-refractivity contribution in [3.63, 3.8) is 0 Å². The molecule has 0 fully saturated rings. The van der Waals surface area contributed by atoms with Crippen molar-refractivity contribution < 1.29 is 8.83 Å². The van der Waals surface area contributed by atoms with Crippen molar-refractivity contribution in [2.75, 3.05) is 9.80 Å². The van der Waals surface area contributed by atoms with E-state index in [9.17, 15) is 0 Å². The Balaban J connectivity index is 0.562. The van der Waals surface area contributed by atoms with Crippen LogP contribution in [0.3, 0.4) is 0 Å². The molecular formula is C132H84N4O2. The van der Waals surface area contributed by atoms with E-state index in [2.05, 4.69) is 522 Å². The second kappa shape index (κ2) is 32.8. The van der Waals surface area contributed by atoms with Crippen LogP contribution in [-0.4, -0.2) is 9.13 Å². The molecule has 6 heteroatoms. The van der Waals surface area contributed by atoms with Gasteiger partial charge in [-0.25, -0.2) is 0 Å². The smallest absolute Gasteiger partial charge is 0.143 e. The van der Waals surface area contributed by atoms with Crippen molar-refractivity contribution in [1.29, 1.82) is 0 Å². The van der Waals surface area contributed by atoms with Gasteiger partial charge in [0.2, 0.25) is 0 Å². The lowest BCUT2D eigenvalue weighted by Gasteiger charge is -2.30. The Labute approximate surface area is 797 Å². The van der Waals surface area contributed by atoms with Gasteiger partial charge in [-0.3, -0.25) is 0 Å². The molecule has 0 atom stereocenters. The second-order valence-corrected chi connectivity index (χ2v) is 36.0. The maximum Gasteiger partial charge on any atom is 0.143 e. The van der Waals surface area contributed by atoms with E-state index in [0.717, 1.165) is 217 Å². The van der Waals surface area contributed by atoms with Gasteiger partial charge >= 0.3 is 0 Å². The molecule has 0 amide bonds. The van der Waals surface area contributed by atoms with Crippen LogP contribution < -0.4 is 9.80 Å². The van der Waals surface area contributed by atoms with Crippen LogP contribution in [0.4, 0.5) is 34.1 Å². The number of nitrogens with zero attached hydrogens (tertiary/aromatic N) is 4. The summed E-state index contributed by atoms with van der Waals surface area (Å²) < 4.78 is 18.7. The number of aromatic nitrogens is 2. The first-order chi connectivity index (χ1) is 68.5. The van der Waals surface area contributed by atoms with Crippen molar-refractivity contribution >= 4 is 154 Å². The van der Waals surface area contributed by atoms with Crippen LogP contribution in [0.15, 0.2) is 518 Å². The summed E-state index contributed by atoms with van der Waals surface area (Å²) in [5, 5.41) is 16.2. The highest BCUT2D eigenvalue weighted by atomic mass is 16.3. The molecule has 0 aliphatic carbocycles. The predicted molar refractivity (Wildman–Crippen MR) is 580 cm³/mol. The van der Waals surface area contributed by atoms with Crippen LogP contribution in [0.25, 0.3) is 231 Å². The van der Waals surface area contributed by atoms with Gasteiger partial charge in [0.1, 0.15) is 22.3 Å². The molecular weight excluding hydrogens is 1670 g/mol. The second-order valence-electron chi connectivity index (χ2n) is 36.0. The first-order valence-electron chi connectivity index (χ1n) is 47.3. The normalized spacial score (nSPS) is 11.8. The molecule has 27 rings (SSSR count). The highest BCUT2D eigenvalue weighted by Crippen LogP contribution is 2.53. The maximum absolute atomic E-state index is 6.93. The average molecular weight is 1760 g/mol. The highest BCUT2D eigenvalue weighted by molar-refractivity contribution is 6.19. The van der Waals surface area contributed by atoms with Gasteiger partial charge in [-0.2, -0.15) is 0 Å². The third-order valence-corrected chi connectivity index (χ3v) is 28.3. The maximum atomic E-state index is 6.93. The number of benzene rings is 23. The monoisotopic (exact) mass is 1760 g/mol. The van der Waals surface area contributed by atoms with Crippen LogP contribution in [0.1, 0.15) is 0 Å². The molecule has 23 aromatic carbocycles. The van der Waals surface area contributed by atoms with Crippen molar-refractivity contribution in [3.05, 3.63) is 510 Å². The van der Waals surface area contributed by atoms with Gasteiger partial charge in [0.25, 0.3) is 0 Å². The highest BCUT2D eigenvalue weighted by Gasteiger charge is 2.29. The minimum absolute atomic E-state index is 0.851. The molecule has 0 N–H and O–H groups in total. The van der Waals surface area contributed by atoms with Crippen LogP contribution in [0.5, 0.6) is 0 Å². The number of hydrogen-bond acceptors (Lipinski definition) is 4. The van der Waals surface area contributed by atoms with Gasteiger partial charge in [0.15, 0.2) is 0 Å². The van der Waals surface area contributed by atoms with Crippen LogP contribution in [0, 0.1) is 0 Å². The molecule has 0 aliphatic rings. The summed E-state index contributed by atoms with van der Waals surface area (Å²) in [7, 11) is 0. The van der Waals surface area contributed by atoms with Crippen molar-refractivity contribution in [3.8, 4) is 112 Å².